The molecule has 8 aromatic rings. The van der Waals surface area contributed by atoms with Crippen LogP contribution in [0, 0.1) is 0 Å². The number of hydrogen-bond acceptors (Lipinski definition) is 10. The van der Waals surface area contributed by atoms with Gasteiger partial charge in [-0.1, -0.05) is 163 Å². The third-order valence-corrected chi connectivity index (χ3v) is 22.4. The van der Waals surface area contributed by atoms with Gasteiger partial charge in [0.2, 0.25) is 11.4 Å². The van der Waals surface area contributed by atoms with E-state index >= 15 is 0 Å². The molecule has 562 valence electrons. The zero-order chi connectivity index (χ0) is 75.1. The summed E-state index contributed by atoms with van der Waals surface area (Å²) in [5, 5.41) is 35.8. The van der Waals surface area contributed by atoms with E-state index in [9.17, 15) is 10.2 Å². The molecule has 0 bridgehead atoms. The zero-order valence-corrected chi connectivity index (χ0v) is 73.9. The quantitative estimate of drug-likeness (QED) is 0.0152. The molecule has 0 aromatic heterocycles. The second-order valence-corrected chi connectivity index (χ2v) is 30.3. The molecule has 3 heterocycles. The fraction of sp³-hybridized carbons (Fsp3) is 0.380. The van der Waals surface area contributed by atoms with Crippen LogP contribution < -0.4 is 124 Å². The van der Waals surface area contributed by atoms with Crippen molar-refractivity contribution < 1.29 is 148 Å². The molecule has 13 rings (SSSR count). The van der Waals surface area contributed by atoms with Crippen molar-refractivity contribution in [3.8, 4) is 33.8 Å². The van der Waals surface area contributed by atoms with Crippen molar-refractivity contribution in [3.05, 3.63) is 262 Å². The number of ether oxygens (including phenoxy) is 3. The summed E-state index contributed by atoms with van der Waals surface area (Å²) in [5.74, 6) is 0.508. The summed E-state index contributed by atoms with van der Waals surface area (Å²) in [7, 11) is 3.40. The van der Waals surface area contributed by atoms with Gasteiger partial charge in [0.1, 0.15) is 17.1 Å². The van der Waals surface area contributed by atoms with Crippen molar-refractivity contribution in [1.29, 1.82) is 0 Å². The minimum atomic E-state index is -1.08. The summed E-state index contributed by atoms with van der Waals surface area (Å²) in [5.41, 5.74) is 25.8. The maximum Gasteiger partial charge on any atom is 1.00 e. The van der Waals surface area contributed by atoms with Crippen molar-refractivity contribution in [2.24, 2.45) is 0 Å². The number of aliphatic hydroxyl groups is 3. The first-order chi connectivity index (χ1) is 49.7. The van der Waals surface area contributed by atoms with Crippen LogP contribution in [0.3, 0.4) is 0 Å². The molecule has 0 radical (unpaired) electrons. The number of carbonyl (C=O) groups excluding carboxylic acids is 1. The van der Waals surface area contributed by atoms with Gasteiger partial charge in [0.05, 0.1) is 31.7 Å². The Labute approximate surface area is 714 Å². The first-order valence-electron chi connectivity index (χ1n) is 37.3. The molecule has 0 spiro atoms. The maximum absolute atomic E-state index is 10.1. The second-order valence-electron chi connectivity index (χ2n) is 30.3. The first-order valence-corrected chi connectivity index (χ1v) is 37.3. The number of carboxylic acid groups (broad SMARTS) is 1. The minimum absolute atomic E-state index is 0. The van der Waals surface area contributed by atoms with E-state index < -0.39 is 11.6 Å². The molecule has 0 fully saturated rings. The number of allylic oxidation sites excluding steroid dienone is 6. The minimum Gasteiger partial charge on any atom is -1.00 e. The van der Waals surface area contributed by atoms with Gasteiger partial charge in [0.25, 0.3) is 0 Å². The van der Waals surface area contributed by atoms with Gasteiger partial charge < -0.3 is 97.2 Å². The van der Waals surface area contributed by atoms with E-state index in [1.807, 2.05) is 24.3 Å². The smallest absolute Gasteiger partial charge is 1.00 e. The Kier molecular flexibility index (Phi) is 30.7. The summed E-state index contributed by atoms with van der Waals surface area (Å²) >= 11 is 0. The van der Waals surface area contributed by atoms with Crippen LogP contribution >= 0.6 is 0 Å². The van der Waals surface area contributed by atoms with Crippen LogP contribution in [0.5, 0.6) is 11.5 Å². The third-order valence-electron chi connectivity index (χ3n) is 22.4. The predicted molar refractivity (Wildman–Crippen MR) is 426 cm³/mol. The van der Waals surface area contributed by atoms with E-state index in [0.29, 0.717) is 13.0 Å². The van der Waals surface area contributed by atoms with Gasteiger partial charge >= 0.3 is 51.4 Å². The number of rotatable bonds is 22. The van der Waals surface area contributed by atoms with Crippen LogP contribution in [0.2, 0.25) is 0 Å². The van der Waals surface area contributed by atoms with E-state index in [1.165, 1.54) is 101 Å². The average Bonchev–Trinajstić information content (AvgIpc) is 1.58. The van der Waals surface area contributed by atoms with Gasteiger partial charge in [0.15, 0.2) is 24.5 Å². The average molecular weight is 1690 g/mol. The van der Waals surface area contributed by atoms with E-state index in [-0.39, 0.29) is 146 Å². The molecule has 3 aliphatic heterocycles. The fourth-order valence-corrected chi connectivity index (χ4v) is 16.6. The normalized spacial score (nSPS) is 16.0. The van der Waals surface area contributed by atoms with Crippen LogP contribution in [0.4, 0.5) is 22.7 Å². The standard InChI is InChI=1S/C65H74N3O4.C23H28NO.C2H4O2.C2H6O.2HI.K/c1-11-66(12-2)49-33-38-58-56(43-49)63(5,6)60(67(58)40-22-42-72-65(46-23-15-13-16-24-46,47-29-34-50(70-9)35-30-47)48-31-36-51(71-10)37-32-48)27-17-14-18-28-61-64(7,8)57-44-53-52-25-19-20-26-54(52)62(3,4)55(53)45-59(57)68(61)39-21-41-69;1-15-22(2,3)20-13-17-16-9-6-7-10-18(16)23(4,5)19(17)14-21(20)24(15)11-8-12-25;1-2(3)4;1-2-3;;;/h13-20,23-38,43-45,69H,11-12,21-22,39-42H2,1-10H3;6-7,9-10,13-14,25H,8,11-12H2,1-5H3;1H3,(H,3,4);3H,2H2,1H3;2*1H;/q2*+1;;;;;+1/p-3. The predicted octanol–water partition coefficient (Wildman–Crippen LogP) is 8.35. The Morgan fingerprint density at radius 2 is 1.01 bits per heavy atom. The molecule has 107 heavy (non-hydrogen) atoms. The van der Waals surface area contributed by atoms with Crippen molar-refractivity contribution in [2.45, 2.75) is 156 Å². The Morgan fingerprint density at radius 3 is 1.53 bits per heavy atom. The SMILES string of the molecule is CC(=O)[O-].CC1=[N+](CCCO)c2cc3c(cc2C1(C)C)-c1ccccc1C3(C)C.CCN(CC)c1ccc2c(c1)C(C)(C)C(/C=C/C=C/C=C1/N(CCCO)c3cc4c(cc3C1(C)C)-c1ccccc1C4(C)C)=[N+]2CCCOC(c1ccccc1)(c1ccc(OC)cc1)c1ccc(OC)cc1.CCO.[I-].[I-].[K+]. The molecular formula is C92H111I2KN4O8. The molecule has 0 saturated carbocycles. The number of hydrogen-bond donors (Lipinski definition) is 3. The molecule has 12 nitrogen and oxygen atoms in total. The summed E-state index contributed by atoms with van der Waals surface area (Å²) in [6.45, 7) is 38.2. The van der Waals surface area contributed by atoms with Gasteiger partial charge in [-0.2, -0.15) is 9.15 Å². The summed E-state index contributed by atoms with van der Waals surface area (Å²) in [4.78, 5) is 13.8. The van der Waals surface area contributed by atoms with Gasteiger partial charge in [-0.15, -0.1) is 0 Å². The van der Waals surface area contributed by atoms with E-state index in [1.54, 1.807) is 21.1 Å². The number of fused-ring (bicyclic) bond motifs is 9. The molecule has 5 aliphatic rings. The number of nitrogens with zero attached hydrogens (tertiary/aromatic N) is 4. The topological polar surface area (TPSA) is 141 Å². The number of halogens is 2. The number of carboxylic acids is 1. The zero-order valence-electron chi connectivity index (χ0n) is 66.5. The third kappa shape index (κ3) is 17.4. The maximum atomic E-state index is 10.1. The first kappa shape index (κ1) is 88.1. The van der Waals surface area contributed by atoms with Crippen LogP contribution in [0.25, 0.3) is 22.3 Å². The van der Waals surface area contributed by atoms with Crippen molar-refractivity contribution in [2.75, 3.05) is 83.2 Å². The molecule has 3 N–H and O–H groups in total. The summed E-state index contributed by atoms with van der Waals surface area (Å²) < 4.78 is 23.5. The Balaban J connectivity index is 0.000000378. The molecule has 0 saturated heterocycles. The number of aliphatic hydroxyl groups excluding tert-OH is 3. The molecule has 0 amide bonds. The Morgan fingerprint density at radius 1 is 0.523 bits per heavy atom. The van der Waals surface area contributed by atoms with E-state index in [0.717, 1.165) is 80.7 Å². The summed E-state index contributed by atoms with van der Waals surface area (Å²) in [6, 6.07) is 61.5. The second kappa shape index (κ2) is 37.3. The number of carbonyl (C=O) groups is 1. The van der Waals surface area contributed by atoms with Crippen molar-refractivity contribution in [1.82, 2.24) is 0 Å². The number of benzene rings is 8. The number of anilines is 2. The summed E-state index contributed by atoms with van der Waals surface area (Å²) in [6.07, 6.45) is 13.5. The van der Waals surface area contributed by atoms with Crippen LogP contribution in [-0.2, 0) is 42.2 Å². The largest absolute Gasteiger partial charge is 1.00 e. The van der Waals surface area contributed by atoms with Gasteiger partial charge in [-0.25, -0.2) is 0 Å². The van der Waals surface area contributed by atoms with Crippen LogP contribution in [0.15, 0.2) is 206 Å². The van der Waals surface area contributed by atoms with Gasteiger partial charge in [-0.05, 0) is 189 Å². The number of methoxy groups -OCH3 is 2. The van der Waals surface area contributed by atoms with Crippen LogP contribution in [-0.4, -0.2) is 115 Å². The number of aliphatic carboxylic acids is 1. The van der Waals surface area contributed by atoms with E-state index in [4.69, 9.17) is 29.2 Å². The Hall–Kier alpha value is -6.07. The molecule has 0 atom stereocenters. The Bertz CT molecular complexity index is 4520. The molecule has 15 heteroatoms. The van der Waals surface area contributed by atoms with Crippen molar-refractivity contribution >= 4 is 40.1 Å². The molecule has 8 aromatic carbocycles. The fourth-order valence-electron chi connectivity index (χ4n) is 16.6. The van der Waals surface area contributed by atoms with E-state index in [2.05, 4.69) is 285 Å². The van der Waals surface area contributed by atoms with Gasteiger partial charge in [-0.3, -0.25) is 0 Å². The molecule has 2 aliphatic carbocycles. The monoisotopic (exact) mass is 1690 g/mol. The van der Waals surface area contributed by atoms with Crippen LogP contribution in [0.1, 0.15) is 179 Å². The molecule has 0 unspecified atom stereocenters. The van der Waals surface area contributed by atoms with Gasteiger partial charge in [0, 0.05) is 128 Å². The van der Waals surface area contributed by atoms with Crippen molar-refractivity contribution in [3.63, 3.8) is 0 Å². The molecular weight excluding hydrogens is 1580 g/mol.